The van der Waals surface area contributed by atoms with E-state index in [2.05, 4.69) is 34.0 Å². The third-order valence-corrected chi connectivity index (χ3v) is 3.26. The normalized spacial score (nSPS) is 15.4. The maximum atomic E-state index is 4.26. The Labute approximate surface area is 125 Å². The minimum atomic E-state index is 0. The van der Waals surface area contributed by atoms with Crippen molar-refractivity contribution in [1.29, 1.82) is 0 Å². The summed E-state index contributed by atoms with van der Waals surface area (Å²) >= 11 is 0. The first-order valence-corrected chi connectivity index (χ1v) is 6.11. The zero-order valence-corrected chi connectivity index (χ0v) is 12.2. The molecule has 1 aromatic heterocycles. The van der Waals surface area contributed by atoms with Crippen LogP contribution in [-0.4, -0.2) is 28.1 Å². The summed E-state index contributed by atoms with van der Waals surface area (Å²) in [5.41, 5.74) is 2.09. The minimum absolute atomic E-state index is 0. The molecule has 0 radical (unpaired) electrons. The number of hydrogen-bond acceptors (Lipinski definition) is 3. The van der Waals surface area contributed by atoms with Crippen LogP contribution in [0.4, 0.5) is 0 Å². The smallest absolute Gasteiger partial charge is 0.113 e. The second-order valence-corrected chi connectivity index (χ2v) is 4.43. The first-order valence-electron chi connectivity index (χ1n) is 6.11. The molecule has 0 unspecified atom stereocenters. The van der Waals surface area contributed by atoms with E-state index in [-0.39, 0.29) is 24.8 Å². The van der Waals surface area contributed by atoms with Gasteiger partial charge in [-0.15, -0.1) is 29.9 Å². The van der Waals surface area contributed by atoms with Gasteiger partial charge in [-0.25, -0.2) is 4.68 Å². The van der Waals surface area contributed by atoms with E-state index in [9.17, 15) is 0 Å². The molecule has 19 heavy (non-hydrogen) atoms. The third kappa shape index (κ3) is 3.69. The second kappa shape index (κ2) is 7.48. The molecule has 0 amide bonds. The van der Waals surface area contributed by atoms with Crippen LogP contribution >= 0.6 is 24.8 Å². The van der Waals surface area contributed by atoms with Crippen LogP contribution in [0.25, 0.3) is 11.3 Å². The molecule has 0 spiro atoms. The summed E-state index contributed by atoms with van der Waals surface area (Å²) in [6.07, 6.45) is 4.33. The molecule has 4 nitrogen and oxygen atoms in total. The third-order valence-electron chi connectivity index (χ3n) is 3.26. The van der Waals surface area contributed by atoms with Gasteiger partial charge < -0.3 is 5.32 Å². The monoisotopic (exact) mass is 300 g/mol. The Morgan fingerprint density at radius 1 is 1.05 bits per heavy atom. The SMILES string of the molecule is Cl.Cl.c1ccc(-c2cn(C3CCNCC3)nn2)cc1. The topological polar surface area (TPSA) is 42.7 Å². The van der Waals surface area contributed by atoms with Crippen molar-refractivity contribution in [1.82, 2.24) is 20.3 Å². The van der Waals surface area contributed by atoms with Crippen molar-refractivity contribution in [3.63, 3.8) is 0 Å². The lowest BCUT2D eigenvalue weighted by Crippen LogP contribution is -2.29. The summed E-state index contributed by atoms with van der Waals surface area (Å²) in [6, 6.07) is 10.7. The Morgan fingerprint density at radius 2 is 1.74 bits per heavy atom. The van der Waals surface area contributed by atoms with Gasteiger partial charge in [-0.1, -0.05) is 35.5 Å². The van der Waals surface area contributed by atoms with Crippen LogP contribution in [0.1, 0.15) is 18.9 Å². The van der Waals surface area contributed by atoms with Crippen LogP contribution in [0.2, 0.25) is 0 Å². The molecule has 1 aliphatic heterocycles. The van der Waals surface area contributed by atoms with Crippen molar-refractivity contribution in [2.24, 2.45) is 0 Å². The molecular weight excluding hydrogens is 283 g/mol. The van der Waals surface area contributed by atoms with Crippen molar-refractivity contribution in [3.05, 3.63) is 36.5 Å². The molecule has 2 heterocycles. The Bertz CT molecular complexity index is 480. The highest BCUT2D eigenvalue weighted by Crippen LogP contribution is 2.21. The van der Waals surface area contributed by atoms with Gasteiger partial charge in [0.2, 0.25) is 0 Å². The van der Waals surface area contributed by atoms with E-state index in [1.807, 2.05) is 22.9 Å². The van der Waals surface area contributed by atoms with Crippen LogP contribution in [0.15, 0.2) is 36.5 Å². The highest BCUT2D eigenvalue weighted by molar-refractivity contribution is 5.85. The maximum absolute atomic E-state index is 4.26. The highest BCUT2D eigenvalue weighted by atomic mass is 35.5. The van der Waals surface area contributed by atoms with Crippen molar-refractivity contribution in [2.45, 2.75) is 18.9 Å². The van der Waals surface area contributed by atoms with E-state index < -0.39 is 0 Å². The molecule has 1 aromatic carbocycles. The number of halogens is 2. The summed E-state index contributed by atoms with van der Waals surface area (Å²) in [5.74, 6) is 0. The van der Waals surface area contributed by atoms with Gasteiger partial charge in [0.25, 0.3) is 0 Å². The lowest BCUT2D eigenvalue weighted by molar-refractivity contribution is 0.337. The van der Waals surface area contributed by atoms with Gasteiger partial charge in [0.15, 0.2) is 0 Å². The number of nitrogens with one attached hydrogen (secondary N) is 1. The lowest BCUT2D eigenvalue weighted by Gasteiger charge is -2.22. The minimum Gasteiger partial charge on any atom is -0.317 e. The van der Waals surface area contributed by atoms with Crippen LogP contribution in [0.3, 0.4) is 0 Å². The number of benzene rings is 1. The van der Waals surface area contributed by atoms with Crippen molar-refractivity contribution >= 4 is 24.8 Å². The van der Waals surface area contributed by atoms with E-state index in [0.29, 0.717) is 6.04 Å². The Kier molecular flexibility index (Phi) is 6.28. The van der Waals surface area contributed by atoms with E-state index in [4.69, 9.17) is 0 Å². The summed E-state index contributed by atoms with van der Waals surface area (Å²) in [4.78, 5) is 0. The average molecular weight is 301 g/mol. The van der Waals surface area contributed by atoms with Gasteiger partial charge in [0.1, 0.15) is 5.69 Å². The first kappa shape index (κ1) is 16.0. The summed E-state index contributed by atoms with van der Waals surface area (Å²) in [5, 5.41) is 11.9. The molecule has 1 N–H and O–H groups in total. The van der Waals surface area contributed by atoms with E-state index in [0.717, 1.165) is 37.2 Å². The number of piperidine rings is 1. The fraction of sp³-hybridized carbons (Fsp3) is 0.385. The molecule has 0 aliphatic carbocycles. The lowest BCUT2D eigenvalue weighted by atomic mass is 10.1. The van der Waals surface area contributed by atoms with E-state index in [1.165, 1.54) is 0 Å². The maximum Gasteiger partial charge on any atom is 0.113 e. The number of aromatic nitrogens is 3. The molecule has 0 atom stereocenters. The molecule has 1 saturated heterocycles. The van der Waals surface area contributed by atoms with Gasteiger partial charge in [-0.05, 0) is 25.9 Å². The zero-order chi connectivity index (χ0) is 11.5. The molecule has 1 fully saturated rings. The zero-order valence-electron chi connectivity index (χ0n) is 10.5. The van der Waals surface area contributed by atoms with Crippen LogP contribution < -0.4 is 5.32 Å². The number of nitrogens with zero attached hydrogens (tertiary/aromatic N) is 3. The predicted octanol–water partition coefficient (Wildman–Crippen LogP) is 2.71. The van der Waals surface area contributed by atoms with Crippen LogP contribution in [0.5, 0.6) is 0 Å². The fourth-order valence-corrected chi connectivity index (χ4v) is 2.27. The second-order valence-electron chi connectivity index (χ2n) is 4.43. The molecule has 0 bridgehead atoms. The van der Waals surface area contributed by atoms with Crippen molar-refractivity contribution < 1.29 is 0 Å². The number of rotatable bonds is 2. The molecule has 6 heteroatoms. The molecule has 0 saturated carbocycles. The van der Waals surface area contributed by atoms with Crippen LogP contribution in [-0.2, 0) is 0 Å². The molecular formula is C13H18Cl2N4. The Balaban J connectivity index is 0.000000902. The standard InChI is InChI=1S/C13H16N4.2ClH/c1-2-4-11(5-3-1)13-10-17(16-15-13)12-6-8-14-9-7-12;;/h1-5,10,12,14H,6-9H2;2*1H. The van der Waals surface area contributed by atoms with Gasteiger partial charge in [0, 0.05) is 5.56 Å². The fourth-order valence-electron chi connectivity index (χ4n) is 2.27. The summed E-state index contributed by atoms with van der Waals surface area (Å²) in [6.45, 7) is 2.15. The molecule has 104 valence electrons. The summed E-state index contributed by atoms with van der Waals surface area (Å²) < 4.78 is 2.02. The van der Waals surface area contributed by atoms with Crippen molar-refractivity contribution in [2.75, 3.05) is 13.1 Å². The quantitative estimate of drug-likeness (QED) is 0.927. The van der Waals surface area contributed by atoms with Crippen LogP contribution in [0, 0.1) is 0 Å². The van der Waals surface area contributed by atoms with Gasteiger partial charge >= 0.3 is 0 Å². The Hall–Kier alpha value is -1.10. The summed E-state index contributed by atoms with van der Waals surface area (Å²) in [7, 11) is 0. The van der Waals surface area contributed by atoms with Gasteiger partial charge in [-0.3, -0.25) is 0 Å². The number of hydrogen-bond donors (Lipinski definition) is 1. The van der Waals surface area contributed by atoms with E-state index in [1.54, 1.807) is 0 Å². The molecule has 1 aliphatic rings. The average Bonchev–Trinajstić information content (AvgIpc) is 2.90. The molecule has 3 rings (SSSR count). The van der Waals surface area contributed by atoms with E-state index >= 15 is 0 Å². The largest absolute Gasteiger partial charge is 0.317 e. The highest BCUT2D eigenvalue weighted by Gasteiger charge is 2.16. The van der Waals surface area contributed by atoms with Gasteiger partial charge in [0.05, 0.1) is 12.2 Å². The predicted molar refractivity (Wildman–Crippen MR) is 81.1 cm³/mol. The first-order chi connectivity index (χ1) is 8.43. The van der Waals surface area contributed by atoms with Crippen molar-refractivity contribution in [3.8, 4) is 11.3 Å². The molecule has 2 aromatic rings. The Morgan fingerprint density at radius 3 is 2.42 bits per heavy atom. The van der Waals surface area contributed by atoms with Gasteiger partial charge in [-0.2, -0.15) is 0 Å².